The van der Waals surface area contributed by atoms with Crippen molar-refractivity contribution in [2.24, 2.45) is 0 Å². The van der Waals surface area contributed by atoms with Crippen molar-refractivity contribution < 1.29 is 23.8 Å². The summed E-state index contributed by atoms with van der Waals surface area (Å²) < 4.78 is 19.6. The topological polar surface area (TPSA) is 107 Å². The molecule has 0 radical (unpaired) electrons. The summed E-state index contributed by atoms with van der Waals surface area (Å²) in [5, 5.41) is 5.99. The maximum atomic E-state index is 13.3. The van der Waals surface area contributed by atoms with E-state index in [0.29, 0.717) is 49.0 Å². The van der Waals surface area contributed by atoms with Crippen LogP contribution in [0.15, 0.2) is 54.9 Å². The van der Waals surface area contributed by atoms with Crippen LogP contribution in [0.3, 0.4) is 0 Å². The van der Waals surface area contributed by atoms with Crippen LogP contribution in [0.4, 0.5) is 0 Å². The molecule has 37 heavy (non-hydrogen) atoms. The summed E-state index contributed by atoms with van der Waals surface area (Å²) in [6.45, 7) is 5.01. The van der Waals surface area contributed by atoms with Crippen molar-refractivity contribution >= 4 is 11.8 Å². The highest BCUT2D eigenvalue weighted by Gasteiger charge is 2.36. The first-order valence-corrected chi connectivity index (χ1v) is 12.4. The van der Waals surface area contributed by atoms with Gasteiger partial charge in [0.25, 0.3) is 11.8 Å². The Morgan fingerprint density at radius 2 is 1.97 bits per heavy atom. The molecule has 1 saturated heterocycles. The molecule has 10 heteroatoms. The maximum Gasteiger partial charge on any atom is 0.258 e. The van der Waals surface area contributed by atoms with E-state index in [2.05, 4.69) is 32.0 Å². The Labute approximate surface area is 215 Å². The second-order valence-electron chi connectivity index (χ2n) is 9.13. The zero-order chi connectivity index (χ0) is 25.8. The molecule has 2 amide bonds. The molecule has 6 rings (SSSR count). The number of carbonyl (C=O) groups is 2. The largest absolute Gasteiger partial charge is 0.493 e. The van der Waals surface area contributed by atoms with E-state index in [0.717, 1.165) is 17.9 Å². The average Bonchev–Trinajstić information content (AvgIpc) is 3.52. The summed E-state index contributed by atoms with van der Waals surface area (Å²) in [7, 11) is 1.51. The SMILES string of the molecule is CCn1ccnc1CN1C[C@@H]2NC(=O)c3ccc(OC)c(c3)OCC(=O)NCc3ccc(cc3)O[C@H]2C1. The molecular formula is C27H31N5O5. The molecule has 3 aliphatic rings. The van der Waals surface area contributed by atoms with Gasteiger partial charge in [0.15, 0.2) is 18.1 Å². The van der Waals surface area contributed by atoms with Gasteiger partial charge in [0.1, 0.15) is 17.7 Å². The highest BCUT2D eigenvalue weighted by Crippen LogP contribution is 2.29. The van der Waals surface area contributed by atoms with Gasteiger partial charge >= 0.3 is 0 Å². The van der Waals surface area contributed by atoms with Crippen LogP contribution in [0.1, 0.15) is 28.7 Å². The minimum Gasteiger partial charge on any atom is -0.493 e. The number of hydrogen-bond donors (Lipinski definition) is 2. The molecule has 2 aromatic carbocycles. The molecule has 0 aliphatic carbocycles. The fourth-order valence-corrected chi connectivity index (χ4v) is 4.66. The van der Waals surface area contributed by atoms with Crippen molar-refractivity contribution in [1.82, 2.24) is 25.1 Å². The average molecular weight is 506 g/mol. The van der Waals surface area contributed by atoms with Crippen molar-refractivity contribution in [3.8, 4) is 17.2 Å². The molecule has 2 N–H and O–H groups in total. The van der Waals surface area contributed by atoms with E-state index in [1.54, 1.807) is 18.2 Å². The third kappa shape index (κ3) is 5.69. The van der Waals surface area contributed by atoms with E-state index in [1.165, 1.54) is 7.11 Å². The van der Waals surface area contributed by atoms with Crippen LogP contribution in [-0.2, 0) is 24.4 Å². The molecule has 194 valence electrons. The first kappa shape index (κ1) is 24.6. The summed E-state index contributed by atoms with van der Waals surface area (Å²) in [5.41, 5.74) is 1.34. The molecule has 0 spiro atoms. The first-order valence-electron chi connectivity index (χ1n) is 12.4. The Morgan fingerprint density at radius 1 is 1.14 bits per heavy atom. The van der Waals surface area contributed by atoms with Gasteiger partial charge in [0, 0.05) is 44.1 Å². The molecule has 3 aromatic rings. The Balaban J connectivity index is 1.42. The van der Waals surface area contributed by atoms with Crippen LogP contribution in [0.5, 0.6) is 17.2 Å². The van der Waals surface area contributed by atoms with Crippen molar-refractivity contribution in [1.29, 1.82) is 0 Å². The van der Waals surface area contributed by atoms with Crippen LogP contribution in [-0.4, -0.2) is 65.2 Å². The van der Waals surface area contributed by atoms with Gasteiger partial charge in [-0.05, 0) is 42.8 Å². The number of fused-ring (bicyclic) bond motifs is 7. The van der Waals surface area contributed by atoms with Crippen molar-refractivity contribution in [3.63, 3.8) is 0 Å². The van der Waals surface area contributed by atoms with Crippen LogP contribution in [0, 0.1) is 0 Å². The predicted octanol–water partition coefficient (Wildman–Crippen LogP) is 1.98. The Bertz CT molecular complexity index is 1260. The lowest BCUT2D eigenvalue weighted by molar-refractivity contribution is -0.123. The minimum absolute atomic E-state index is 0.199. The standard InChI is InChI=1S/C27H31N5O5/c1-3-32-11-10-28-25(32)16-31-14-21-24(15-31)37-20-7-4-18(5-8-20)13-29-26(33)17-36-23-12-19(27(34)30-21)6-9-22(23)35-2/h4-12,21,24H,3,13-17H2,1-2H3,(H,29,33)(H,30,34)/t21-,24-/m0/s1. The smallest absolute Gasteiger partial charge is 0.258 e. The monoisotopic (exact) mass is 505 g/mol. The van der Waals surface area contributed by atoms with Gasteiger partial charge in [-0.15, -0.1) is 0 Å². The number of nitrogens with zero attached hydrogens (tertiary/aromatic N) is 3. The molecule has 0 unspecified atom stereocenters. The van der Waals surface area contributed by atoms with E-state index in [4.69, 9.17) is 14.2 Å². The van der Waals surface area contributed by atoms with Gasteiger partial charge in [0.2, 0.25) is 0 Å². The number of aromatic nitrogens is 2. The van der Waals surface area contributed by atoms with Crippen molar-refractivity contribution in [2.45, 2.75) is 38.7 Å². The highest BCUT2D eigenvalue weighted by atomic mass is 16.5. The Kier molecular flexibility index (Phi) is 7.27. The number of carbonyl (C=O) groups excluding carboxylic acids is 2. The summed E-state index contributed by atoms with van der Waals surface area (Å²) in [6, 6.07) is 12.3. The van der Waals surface area contributed by atoms with Crippen LogP contribution in [0.25, 0.3) is 0 Å². The second kappa shape index (κ2) is 10.9. The van der Waals surface area contributed by atoms with E-state index in [9.17, 15) is 9.59 Å². The highest BCUT2D eigenvalue weighted by molar-refractivity contribution is 5.95. The number of benzene rings is 2. The van der Waals surface area contributed by atoms with E-state index < -0.39 is 0 Å². The molecule has 4 heterocycles. The summed E-state index contributed by atoms with van der Waals surface area (Å²) in [4.78, 5) is 32.4. The molecular weight excluding hydrogens is 474 g/mol. The summed E-state index contributed by atoms with van der Waals surface area (Å²) in [6.07, 6.45) is 3.52. The van der Waals surface area contributed by atoms with Gasteiger partial charge in [-0.3, -0.25) is 14.5 Å². The van der Waals surface area contributed by atoms with Gasteiger partial charge in [0.05, 0.1) is 19.7 Å². The lowest BCUT2D eigenvalue weighted by Gasteiger charge is -2.21. The number of imidazole rings is 1. The fraction of sp³-hybridized carbons (Fsp3) is 0.370. The van der Waals surface area contributed by atoms with Gasteiger partial charge in [-0.2, -0.15) is 0 Å². The maximum absolute atomic E-state index is 13.3. The normalized spacial score (nSPS) is 20.3. The molecule has 1 fully saturated rings. The second-order valence-corrected chi connectivity index (χ2v) is 9.13. The minimum atomic E-state index is -0.278. The van der Waals surface area contributed by atoms with Gasteiger partial charge in [-0.1, -0.05) is 12.1 Å². The number of amides is 2. The van der Waals surface area contributed by atoms with Crippen LogP contribution in [0.2, 0.25) is 0 Å². The van der Waals surface area contributed by atoms with Gasteiger partial charge in [-0.25, -0.2) is 4.98 Å². The molecule has 2 atom stereocenters. The van der Waals surface area contributed by atoms with E-state index in [1.807, 2.05) is 36.7 Å². The first-order chi connectivity index (χ1) is 18.0. The molecule has 0 saturated carbocycles. The lowest BCUT2D eigenvalue weighted by Crippen LogP contribution is -2.45. The third-order valence-corrected chi connectivity index (χ3v) is 6.65. The quantitative estimate of drug-likeness (QED) is 0.559. The molecule has 3 aliphatic heterocycles. The predicted molar refractivity (Wildman–Crippen MR) is 136 cm³/mol. The number of rotatable bonds is 4. The zero-order valence-corrected chi connectivity index (χ0v) is 21.0. The van der Waals surface area contributed by atoms with Gasteiger partial charge < -0.3 is 29.4 Å². The summed E-state index contributed by atoms with van der Waals surface area (Å²) >= 11 is 0. The Morgan fingerprint density at radius 3 is 2.76 bits per heavy atom. The van der Waals surface area contributed by atoms with Crippen LogP contribution < -0.4 is 24.8 Å². The van der Waals surface area contributed by atoms with Crippen molar-refractivity contribution in [3.05, 3.63) is 71.8 Å². The number of aryl methyl sites for hydroxylation is 1. The molecule has 10 nitrogen and oxygen atoms in total. The molecule has 1 aromatic heterocycles. The lowest BCUT2D eigenvalue weighted by atomic mass is 10.1. The van der Waals surface area contributed by atoms with E-state index >= 15 is 0 Å². The Hall–Kier alpha value is -4.05. The zero-order valence-electron chi connectivity index (χ0n) is 21.0. The fourth-order valence-electron chi connectivity index (χ4n) is 4.66. The number of hydrogen-bond acceptors (Lipinski definition) is 7. The van der Waals surface area contributed by atoms with E-state index in [-0.39, 0.29) is 30.6 Å². The van der Waals surface area contributed by atoms with Crippen molar-refractivity contribution in [2.75, 3.05) is 26.8 Å². The number of nitrogens with one attached hydrogen (secondary N) is 2. The summed E-state index contributed by atoms with van der Waals surface area (Å²) in [5.74, 6) is 1.91. The molecule has 4 bridgehead atoms. The number of ether oxygens (including phenoxy) is 3. The number of likely N-dealkylation sites (tertiary alicyclic amines) is 1. The van der Waals surface area contributed by atoms with Crippen LogP contribution >= 0.6 is 0 Å². The number of methoxy groups -OCH3 is 1. The third-order valence-electron chi connectivity index (χ3n) is 6.65.